The van der Waals surface area contributed by atoms with Crippen LogP contribution >= 0.6 is 0 Å². The Bertz CT molecular complexity index is 596. The lowest BCUT2D eigenvalue weighted by Gasteiger charge is -2.37. The molecule has 8 heteroatoms. The number of hydrogen-bond acceptors (Lipinski definition) is 6. The Balaban J connectivity index is 1.42. The van der Waals surface area contributed by atoms with Crippen LogP contribution in [0.5, 0.6) is 0 Å². The fourth-order valence-corrected chi connectivity index (χ4v) is 6.31. The van der Waals surface area contributed by atoms with Crippen molar-refractivity contribution in [2.75, 3.05) is 19.3 Å². The summed E-state index contributed by atoms with van der Waals surface area (Å²) >= 11 is 0. The maximum Gasteiger partial charge on any atom is 0.239 e. The predicted molar refractivity (Wildman–Crippen MR) is 90.7 cm³/mol. The van der Waals surface area contributed by atoms with Gasteiger partial charge in [-0.3, -0.25) is 10.2 Å². The van der Waals surface area contributed by atoms with Crippen LogP contribution in [0.1, 0.15) is 38.5 Å². The molecule has 7 nitrogen and oxygen atoms in total. The minimum Gasteiger partial charge on any atom is -0.341 e. The molecule has 4 fully saturated rings. The second-order valence-corrected chi connectivity index (χ2v) is 10.2. The Kier molecular flexibility index (Phi) is 4.35. The first-order valence-electron chi connectivity index (χ1n) is 9.18. The van der Waals surface area contributed by atoms with E-state index in [1.54, 1.807) is 0 Å². The molecule has 1 saturated carbocycles. The summed E-state index contributed by atoms with van der Waals surface area (Å²) in [4.78, 5) is 14.9. The van der Waals surface area contributed by atoms with Gasteiger partial charge in [-0.05, 0) is 31.6 Å². The van der Waals surface area contributed by atoms with Crippen molar-refractivity contribution in [3.05, 3.63) is 0 Å². The van der Waals surface area contributed by atoms with Crippen molar-refractivity contribution in [1.29, 1.82) is 0 Å². The monoisotopic (exact) mass is 356 g/mol. The summed E-state index contributed by atoms with van der Waals surface area (Å²) in [5.74, 6) is 0.743. The van der Waals surface area contributed by atoms with Crippen LogP contribution in [0, 0.1) is 11.8 Å². The van der Waals surface area contributed by atoms with Crippen LogP contribution in [0.25, 0.3) is 0 Å². The van der Waals surface area contributed by atoms with E-state index < -0.39 is 15.2 Å². The lowest BCUT2D eigenvalue weighted by Crippen LogP contribution is -2.54. The summed E-state index contributed by atoms with van der Waals surface area (Å²) in [6.45, 7) is 1.23. The molecular formula is C16H28N4O3S. The van der Waals surface area contributed by atoms with E-state index in [1.165, 1.54) is 31.9 Å². The minimum atomic E-state index is -3.19. The molecule has 1 aliphatic carbocycles. The van der Waals surface area contributed by atoms with Gasteiger partial charge >= 0.3 is 0 Å². The molecule has 4 rings (SSSR count). The van der Waals surface area contributed by atoms with Crippen molar-refractivity contribution >= 4 is 15.7 Å². The summed E-state index contributed by atoms with van der Waals surface area (Å²) in [6.07, 6.45) is 7.97. The van der Waals surface area contributed by atoms with Gasteiger partial charge in [-0.25, -0.2) is 13.8 Å². The van der Waals surface area contributed by atoms with E-state index in [1.807, 2.05) is 4.90 Å². The van der Waals surface area contributed by atoms with Crippen molar-refractivity contribution in [2.24, 2.45) is 11.8 Å². The highest BCUT2D eigenvalue weighted by Crippen LogP contribution is 2.34. The molecule has 6 atom stereocenters. The van der Waals surface area contributed by atoms with Gasteiger partial charge in [0.15, 0.2) is 9.84 Å². The van der Waals surface area contributed by atoms with Crippen molar-refractivity contribution in [1.82, 2.24) is 21.1 Å². The average Bonchev–Trinajstić information content (AvgIpc) is 3.16. The molecule has 4 aliphatic rings. The van der Waals surface area contributed by atoms with E-state index in [2.05, 4.69) is 16.2 Å². The number of nitrogens with zero attached hydrogens (tertiary/aromatic N) is 1. The second kappa shape index (κ2) is 6.23. The first-order valence-corrected chi connectivity index (χ1v) is 11.1. The number of rotatable bonds is 2. The van der Waals surface area contributed by atoms with E-state index in [0.29, 0.717) is 25.0 Å². The zero-order chi connectivity index (χ0) is 16.9. The largest absolute Gasteiger partial charge is 0.341 e. The normalized spacial score (nSPS) is 42.6. The van der Waals surface area contributed by atoms with Crippen molar-refractivity contribution < 1.29 is 13.2 Å². The molecule has 0 aromatic rings. The Morgan fingerprint density at radius 2 is 1.88 bits per heavy atom. The van der Waals surface area contributed by atoms with E-state index in [-0.39, 0.29) is 23.9 Å². The molecule has 0 aromatic heterocycles. The van der Waals surface area contributed by atoms with Crippen LogP contribution in [0.3, 0.4) is 0 Å². The first kappa shape index (κ1) is 16.8. The molecule has 0 bridgehead atoms. The number of piperidine rings is 1. The smallest absolute Gasteiger partial charge is 0.239 e. The molecule has 1 amide bonds. The quantitative estimate of drug-likeness (QED) is 0.624. The number of likely N-dealkylation sites (tertiary alicyclic amines) is 1. The van der Waals surface area contributed by atoms with E-state index in [0.717, 1.165) is 12.8 Å². The topological polar surface area (TPSA) is 90.5 Å². The standard InChI is InChI=1S/C16H28N4O3S/c1-24(22,23)15-11-9-20(7-6-13(11)18-19-15)16(21)14-8-10-4-2-3-5-12(10)17-14/h10-15,17-19H,2-9H2,1H3. The molecule has 3 saturated heterocycles. The summed E-state index contributed by atoms with van der Waals surface area (Å²) in [5, 5.41) is 2.95. The number of amides is 1. The summed E-state index contributed by atoms with van der Waals surface area (Å²) in [6, 6.07) is 0.561. The van der Waals surface area contributed by atoms with Crippen LogP contribution in [-0.4, -0.2) is 62.1 Å². The van der Waals surface area contributed by atoms with Crippen LogP contribution < -0.4 is 16.2 Å². The van der Waals surface area contributed by atoms with Crippen molar-refractivity contribution in [2.45, 2.75) is 62.0 Å². The second-order valence-electron chi connectivity index (χ2n) is 7.99. The third-order valence-corrected chi connectivity index (χ3v) is 7.78. The molecule has 3 heterocycles. The molecule has 0 spiro atoms. The van der Waals surface area contributed by atoms with Crippen LogP contribution in [0.2, 0.25) is 0 Å². The minimum absolute atomic E-state index is 0.0682. The number of hydrazine groups is 1. The highest BCUT2D eigenvalue weighted by atomic mass is 32.2. The summed E-state index contributed by atoms with van der Waals surface area (Å²) < 4.78 is 23.9. The zero-order valence-electron chi connectivity index (χ0n) is 14.2. The Labute approximate surface area is 143 Å². The van der Waals surface area contributed by atoms with Crippen molar-refractivity contribution in [3.8, 4) is 0 Å². The van der Waals surface area contributed by atoms with Gasteiger partial charge in [0.25, 0.3) is 0 Å². The number of fused-ring (bicyclic) bond motifs is 2. The lowest BCUT2D eigenvalue weighted by molar-refractivity contribution is -0.135. The predicted octanol–water partition coefficient (Wildman–Crippen LogP) is -0.397. The molecular weight excluding hydrogens is 328 g/mol. The van der Waals surface area contributed by atoms with Gasteiger partial charge in [0.05, 0.1) is 6.04 Å². The third-order valence-electron chi connectivity index (χ3n) is 6.39. The van der Waals surface area contributed by atoms with E-state index in [9.17, 15) is 13.2 Å². The van der Waals surface area contributed by atoms with E-state index >= 15 is 0 Å². The van der Waals surface area contributed by atoms with Gasteiger partial charge in [0.2, 0.25) is 5.91 Å². The molecule has 3 N–H and O–H groups in total. The Hall–Kier alpha value is -0.700. The Morgan fingerprint density at radius 3 is 2.62 bits per heavy atom. The number of hydrogen-bond donors (Lipinski definition) is 3. The number of carbonyl (C=O) groups is 1. The molecule has 0 aromatic carbocycles. The highest BCUT2D eigenvalue weighted by Gasteiger charge is 2.47. The number of nitrogens with one attached hydrogen (secondary N) is 3. The fourth-order valence-electron chi connectivity index (χ4n) is 5.12. The van der Waals surface area contributed by atoms with Gasteiger partial charge < -0.3 is 10.2 Å². The van der Waals surface area contributed by atoms with E-state index in [4.69, 9.17) is 0 Å². The first-order chi connectivity index (χ1) is 11.4. The Morgan fingerprint density at radius 1 is 1.08 bits per heavy atom. The summed E-state index contributed by atoms with van der Waals surface area (Å²) in [7, 11) is -3.19. The van der Waals surface area contributed by atoms with Gasteiger partial charge in [0, 0.05) is 37.3 Å². The number of sulfone groups is 1. The zero-order valence-corrected chi connectivity index (χ0v) is 15.0. The highest BCUT2D eigenvalue weighted by molar-refractivity contribution is 7.91. The van der Waals surface area contributed by atoms with Gasteiger partial charge in [-0.15, -0.1) is 0 Å². The third kappa shape index (κ3) is 2.98. The van der Waals surface area contributed by atoms with Gasteiger partial charge in [-0.2, -0.15) is 0 Å². The van der Waals surface area contributed by atoms with Crippen LogP contribution in [0.4, 0.5) is 0 Å². The maximum absolute atomic E-state index is 13.0. The molecule has 0 radical (unpaired) electrons. The SMILES string of the molecule is CS(=O)(=O)C1NNC2CCN(C(=O)C3CC4CCCCC4N3)CC21. The van der Waals surface area contributed by atoms with Crippen LogP contribution in [0.15, 0.2) is 0 Å². The fraction of sp³-hybridized carbons (Fsp3) is 0.938. The van der Waals surface area contributed by atoms with Crippen LogP contribution in [-0.2, 0) is 14.6 Å². The lowest BCUT2D eigenvalue weighted by atomic mass is 9.85. The molecule has 3 aliphatic heterocycles. The molecule has 6 unspecified atom stereocenters. The number of carbonyl (C=O) groups excluding carboxylic acids is 1. The molecule has 24 heavy (non-hydrogen) atoms. The molecule has 136 valence electrons. The average molecular weight is 356 g/mol. The maximum atomic E-state index is 13.0. The van der Waals surface area contributed by atoms with Gasteiger partial charge in [0.1, 0.15) is 5.37 Å². The van der Waals surface area contributed by atoms with Crippen molar-refractivity contribution in [3.63, 3.8) is 0 Å². The summed E-state index contributed by atoms with van der Waals surface area (Å²) in [5.41, 5.74) is 6.02. The van der Waals surface area contributed by atoms with Gasteiger partial charge in [-0.1, -0.05) is 12.8 Å².